The molecule has 0 spiro atoms. The van der Waals surface area contributed by atoms with Gasteiger partial charge in [0, 0.05) is 49.3 Å². The number of rotatable bonds is 4. The lowest BCUT2D eigenvalue weighted by Crippen LogP contribution is -2.35. The molecule has 0 bridgehead atoms. The number of thiazole rings is 1. The molecule has 1 aliphatic rings. The number of amides is 2. The third-order valence-corrected chi connectivity index (χ3v) is 5.71. The zero-order valence-corrected chi connectivity index (χ0v) is 17.2. The first-order chi connectivity index (χ1) is 13.9. The molecule has 0 fully saturated rings. The van der Waals surface area contributed by atoms with Gasteiger partial charge in [-0.3, -0.25) is 14.9 Å². The summed E-state index contributed by atoms with van der Waals surface area (Å²) in [5, 5.41) is 6.98. The molecule has 1 aromatic carbocycles. The Morgan fingerprint density at radius 3 is 2.83 bits per heavy atom. The number of hydrogen-bond donors (Lipinski definition) is 1. The third-order valence-electron chi connectivity index (χ3n) is 4.71. The van der Waals surface area contributed by atoms with Crippen molar-refractivity contribution in [3.8, 4) is 0 Å². The highest BCUT2D eigenvalue weighted by Gasteiger charge is 2.26. The highest BCUT2D eigenvalue weighted by Crippen LogP contribution is 2.29. The van der Waals surface area contributed by atoms with Gasteiger partial charge in [0.2, 0.25) is 0 Å². The van der Waals surface area contributed by atoms with Gasteiger partial charge in [-0.25, -0.2) is 4.98 Å². The van der Waals surface area contributed by atoms with Crippen LogP contribution in [0.2, 0.25) is 0 Å². The SMILES string of the molecule is Cc1cc(C(=O)Nc2nc3c(s2)CN(C(=O)c2cccc(N(C)C)c2)CC3)no1. The lowest BCUT2D eigenvalue weighted by molar-refractivity contribution is 0.0736. The van der Waals surface area contributed by atoms with E-state index in [0.717, 1.165) is 16.3 Å². The molecule has 29 heavy (non-hydrogen) atoms. The van der Waals surface area contributed by atoms with Gasteiger partial charge in [-0.15, -0.1) is 0 Å². The van der Waals surface area contributed by atoms with Crippen molar-refractivity contribution in [3.63, 3.8) is 0 Å². The molecular formula is C20H21N5O3S. The summed E-state index contributed by atoms with van der Waals surface area (Å²) >= 11 is 1.39. The van der Waals surface area contributed by atoms with E-state index in [0.29, 0.717) is 36.0 Å². The van der Waals surface area contributed by atoms with Crippen LogP contribution >= 0.6 is 11.3 Å². The number of nitrogens with one attached hydrogen (secondary N) is 1. The van der Waals surface area contributed by atoms with Crippen LogP contribution in [0.3, 0.4) is 0 Å². The van der Waals surface area contributed by atoms with Crippen molar-refractivity contribution in [2.75, 3.05) is 30.9 Å². The van der Waals surface area contributed by atoms with Crippen molar-refractivity contribution in [1.82, 2.24) is 15.0 Å². The Hall–Kier alpha value is -3.20. The maximum atomic E-state index is 13.0. The van der Waals surface area contributed by atoms with Crippen LogP contribution in [0.15, 0.2) is 34.9 Å². The largest absolute Gasteiger partial charge is 0.378 e. The predicted molar refractivity (Wildman–Crippen MR) is 111 cm³/mol. The average Bonchev–Trinajstić information content (AvgIpc) is 3.32. The Kier molecular flexibility index (Phi) is 5.06. The molecule has 0 atom stereocenters. The van der Waals surface area contributed by atoms with Gasteiger partial charge in [-0.05, 0) is 25.1 Å². The van der Waals surface area contributed by atoms with E-state index in [-0.39, 0.29) is 17.5 Å². The first-order valence-corrected chi connectivity index (χ1v) is 10.0. The van der Waals surface area contributed by atoms with Gasteiger partial charge in [0.1, 0.15) is 5.76 Å². The number of fused-ring (bicyclic) bond motifs is 1. The molecular weight excluding hydrogens is 390 g/mol. The molecule has 0 radical (unpaired) electrons. The van der Waals surface area contributed by atoms with E-state index in [4.69, 9.17) is 4.52 Å². The Morgan fingerprint density at radius 2 is 2.10 bits per heavy atom. The van der Waals surface area contributed by atoms with E-state index in [1.165, 1.54) is 11.3 Å². The number of carbonyl (C=O) groups excluding carboxylic acids is 2. The second-order valence-corrected chi connectivity index (χ2v) is 8.17. The molecule has 9 heteroatoms. The first-order valence-electron chi connectivity index (χ1n) is 9.20. The van der Waals surface area contributed by atoms with Crippen LogP contribution in [0.4, 0.5) is 10.8 Å². The lowest BCUT2D eigenvalue weighted by Gasteiger charge is -2.26. The Balaban J connectivity index is 1.47. The summed E-state index contributed by atoms with van der Waals surface area (Å²) in [6.45, 7) is 2.81. The number of nitrogens with zero attached hydrogens (tertiary/aromatic N) is 4. The van der Waals surface area contributed by atoms with E-state index in [9.17, 15) is 9.59 Å². The summed E-state index contributed by atoms with van der Waals surface area (Å²) in [5.41, 5.74) is 2.79. The van der Waals surface area contributed by atoms with Gasteiger partial charge in [0.25, 0.3) is 11.8 Å². The van der Waals surface area contributed by atoms with Crippen molar-refractivity contribution in [2.24, 2.45) is 0 Å². The van der Waals surface area contributed by atoms with Gasteiger partial charge in [-0.2, -0.15) is 0 Å². The minimum Gasteiger partial charge on any atom is -0.378 e. The Bertz CT molecular complexity index is 1070. The molecule has 0 aliphatic carbocycles. The van der Waals surface area contributed by atoms with E-state index in [1.807, 2.05) is 48.2 Å². The molecule has 0 unspecified atom stereocenters. The summed E-state index contributed by atoms with van der Waals surface area (Å²) in [5.74, 6) is 0.207. The van der Waals surface area contributed by atoms with Crippen LogP contribution in [-0.4, -0.2) is 47.5 Å². The molecule has 1 aliphatic heterocycles. The highest BCUT2D eigenvalue weighted by atomic mass is 32.1. The zero-order valence-electron chi connectivity index (χ0n) is 16.4. The number of aryl methyl sites for hydroxylation is 1. The fourth-order valence-corrected chi connectivity index (χ4v) is 4.18. The average molecular weight is 411 g/mol. The van der Waals surface area contributed by atoms with Crippen molar-refractivity contribution < 1.29 is 14.1 Å². The normalized spacial score (nSPS) is 13.1. The smallest absolute Gasteiger partial charge is 0.279 e. The minimum absolute atomic E-state index is 0.00333. The molecule has 8 nitrogen and oxygen atoms in total. The molecule has 0 saturated heterocycles. The molecule has 2 amide bonds. The monoisotopic (exact) mass is 411 g/mol. The van der Waals surface area contributed by atoms with Crippen molar-refractivity contribution in [3.05, 3.63) is 57.9 Å². The maximum Gasteiger partial charge on any atom is 0.279 e. The van der Waals surface area contributed by atoms with E-state index in [1.54, 1.807) is 13.0 Å². The molecule has 0 saturated carbocycles. The first kappa shape index (κ1) is 19.1. The second-order valence-electron chi connectivity index (χ2n) is 7.09. The fourth-order valence-electron chi connectivity index (χ4n) is 3.16. The van der Waals surface area contributed by atoms with Crippen molar-refractivity contribution >= 4 is 34.0 Å². The summed E-state index contributed by atoms with van der Waals surface area (Å²) in [7, 11) is 3.90. The topological polar surface area (TPSA) is 91.6 Å². The van der Waals surface area contributed by atoms with Gasteiger partial charge >= 0.3 is 0 Å². The summed E-state index contributed by atoms with van der Waals surface area (Å²) < 4.78 is 4.94. The van der Waals surface area contributed by atoms with Crippen LogP contribution in [0.25, 0.3) is 0 Å². The molecule has 3 aromatic rings. The number of hydrogen-bond acceptors (Lipinski definition) is 7. The molecule has 150 valence electrons. The van der Waals surface area contributed by atoms with Crippen LogP contribution in [-0.2, 0) is 13.0 Å². The second kappa shape index (κ2) is 7.67. The summed E-state index contributed by atoms with van der Waals surface area (Å²) in [6.07, 6.45) is 0.657. The van der Waals surface area contributed by atoms with Crippen LogP contribution in [0, 0.1) is 6.92 Å². The van der Waals surface area contributed by atoms with Crippen molar-refractivity contribution in [1.29, 1.82) is 0 Å². The van der Waals surface area contributed by atoms with Crippen molar-refractivity contribution in [2.45, 2.75) is 19.9 Å². The Morgan fingerprint density at radius 1 is 1.28 bits per heavy atom. The van der Waals surface area contributed by atoms with Gasteiger partial charge in [0.15, 0.2) is 10.8 Å². The standard InChI is InChI=1S/C20H21N5O3S/c1-12-9-16(23-28-12)18(26)22-20-21-15-7-8-25(11-17(15)29-20)19(27)13-5-4-6-14(10-13)24(2)3/h4-6,9-10H,7-8,11H2,1-3H3,(H,21,22,26). The Labute approximate surface area is 172 Å². The predicted octanol–water partition coefficient (Wildman–Crippen LogP) is 2.96. The number of anilines is 2. The zero-order chi connectivity index (χ0) is 20.5. The third kappa shape index (κ3) is 4.00. The number of carbonyl (C=O) groups is 2. The molecule has 4 rings (SSSR count). The fraction of sp³-hybridized carbons (Fsp3) is 0.300. The number of aromatic nitrogens is 2. The molecule has 3 heterocycles. The van der Waals surface area contributed by atoms with Gasteiger partial charge < -0.3 is 14.3 Å². The number of benzene rings is 1. The molecule has 1 N–H and O–H groups in total. The maximum absolute atomic E-state index is 13.0. The van der Waals surface area contributed by atoms with E-state index in [2.05, 4.69) is 15.5 Å². The summed E-state index contributed by atoms with van der Waals surface area (Å²) in [4.78, 5) is 34.5. The highest BCUT2D eigenvalue weighted by molar-refractivity contribution is 7.15. The van der Waals surface area contributed by atoms with E-state index < -0.39 is 0 Å². The lowest BCUT2D eigenvalue weighted by atomic mass is 10.1. The van der Waals surface area contributed by atoms with Gasteiger partial charge in [0.05, 0.1) is 12.2 Å². The van der Waals surface area contributed by atoms with Gasteiger partial charge in [-0.1, -0.05) is 22.6 Å². The molecule has 2 aromatic heterocycles. The minimum atomic E-state index is -0.360. The summed E-state index contributed by atoms with van der Waals surface area (Å²) in [6, 6.07) is 9.17. The quantitative estimate of drug-likeness (QED) is 0.710. The van der Waals surface area contributed by atoms with Crippen LogP contribution in [0.1, 0.15) is 37.2 Å². The van der Waals surface area contributed by atoms with Crippen LogP contribution in [0.5, 0.6) is 0 Å². The van der Waals surface area contributed by atoms with E-state index >= 15 is 0 Å². The van der Waals surface area contributed by atoms with Crippen LogP contribution < -0.4 is 10.2 Å².